The zero-order valence-corrected chi connectivity index (χ0v) is 47.5. The van der Waals surface area contributed by atoms with Crippen molar-refractivity contribution in [2.45, 2.75) is 285 Å². The standard InChI is InChI=1S/C15H29F3.C13H25F3.C10H17F3.C9H17F3.C8H13F3/c1-8-12(5,9-2)14(7,15(16,17)18)13(6,10-3)11-4;1-6-10(7-2)12(5,13(14,15)16)11(8-3)9-4;1-8(2)4-6-9(3,7-5-8)10(11,12)13;1-6(2)8(5,7(3)4)9(10,11)12;1-7(8(9,10)11)5-3-2-4-6-7/h8-11H2,1-7H3;10-11H,6-9H2,1-5H3;4-7H2,1-3H3;6-7H,1-5H3;2-6H2,1H3. The van der Waals surface area contributed by atoms with Gasteiger partial charge in [0.1, 0.15) is 0 Å². The lowest BCUT2D eigenvalue weighted by molar-refractivity contribution is -0.301. The molecule has 0 N–H and O–H groups in total. The molecule has 0 spiro atoms. The van der Waals surface area contributed by atoms with Gasteiger partial charge in [0.15, 0.2) is 0 Å². The number of hydrogen-bond acceptors (Lipinski definition) is 0. The lowest BCUT2D eigenvalue weighted by atomic mass is 9.49. The third-order valence-electron chi connectivity index (χ3n) is 19.4. The maximum atomic E-state index is 13.8. The quantitative estimate of drug-likeness (QED) is 0.152. The molecule has 2 aliphatic rings. The Kier molecular flexibility index (Phi) is 28.4. The molecule has 15 heteroatoms. The van der Waals surface area contributed by atoms with Gasteiger partial charge in [-0.1, -0.05) is 183 Å². The number of alkyl halides is 15. The van der Waals surface area contributed by atoms with Crippen molar-refractivity contribution in [3.05, 3.63) is 0 Å². The van der Waals surface area contributed by atoms with Crippen LogP contribution in [0, 0.1) is 67.0 Å². The largest absolute Gasteiger partial charge is 0.395 e. The van der Waals surface area contributed by atoms with E-state index in [2.05, 4.69) is 0 Å². The molecule has 0 aromatic heterocycles. The fourth-order valence-electron chi connectivity index (χ4n) is 11.1. The molecule has 0 amide bonds. The first kappa shape index (κ1) is 73.2. The van der Waals surface area contributed by atoms with Gasteiger partial charge in [0.05, 0.1) is 27.1 Å². The molecule has 70 heavy (non-hydrogen) atoms. The van der Waals surface area contributed by atoms with Crippen LogP contribution in [0.15, 0.2) is 0 Å². The van der Waals surface area contributed by atoms with Crippen molar-refractivity contribution in [1.82, 2.24) is 0 Å². The zero-order chi connectivity index (χ0) is 56.8. The second kappa shape index (κ2) is 27.1. The van der Waals surface area contributed by atoms with E-state index in [9.17, 15) is 65.9 Å². The summed E-state index contributed by atoms with van der Waals surface area (Å²) < 4.78 is 194. The third-order valence-corrected chi connectivity index (χ3v) is 19.4. The summed E-state index contributed by atoms with van der Waals surface area (Å²) in [7, 11) is 0. The minimum atomic E-state index is -4.17. The first-order valence-corrected chi connectivity index (χ1v) is 26.4. The van der Waals surface area contributed by atoms with Gasteiger partial charge in [-0.05, 0) is 111 Å². The predicted octanol–water partition coefficient (Wildman–Crippen LogP) is 23.2. The summed E-state index contributed by atoms with van der Waals surface area (Å²) in [5.41, 5.74) is -8.89. The van der Waals surface area contributed by atoms with Crippen molar-refractivity contribution in [3.63, 3.8) is 0 Å². The van der Waals surface area contributed by atoms with Crippen molar-refractivity contribution >= 4 is 0 Å². The highest BCUT2D eigenvalue weighted by molar-refractivity contribution is 5.05. The fourth-order valence-corrected chi connectivity index (χ4v) is 11.1. The molecule has 0 aliphatic heterocycles. The molecule has 0 unspecified atom stereocenters. The Morgan fingerprint density at radius 2 is 0.614 bits per heavy atom. The molecular weight excluding hydrogens is 946 g/mol. The van der Waals surface area contributed by atoms with Gasteiger partial charge in [0.25, 0.3) is 0 Å². The summed E-state index contributed by atoms with van der Waals surface area (Å²) in [6, 6.07) is 0. The molecular formula is C55H101F15. The summed E-state index contributed by atoms with van der Waals surface area (Å²) >= 11 is 0. The van der Waals surface area contributed by atoms with E-state index >= 15 is 0 Å². The van der Waals surface area contributed by atoms with Gasteiger partial charge in [0, 0.05) is 0 Å². The predicted molar refractivity (Wildman–Crippen MR) is 261 cm³/mol. The normalized spacial score (nSPS) is 18.5. The minimum absolute atomic E-state index is 0.102. The van der Waals surface area contributed by atoms with Crippen LogP contribution in [0.2, 0.25) is 0 Å². The molecule has 0 nitrogen and oxygen atoms in total. The average Bonchev–Trinajstić information content (AvgIpc) is 3.23. The van der Waals surface area contributed by atoms with Crippen LogP contribution in [0.1, 0.15) is 255 Å². The van der Waals surface area contributed by atoms with E-state index in [0.29, 0.717) is 77.0 Å². The molecule has 0 radical (unpaired) electrons. The highest BCUT2D eigenvalue weighted by atomic mass is 19.4. The lowest BCUT2D eigenvalue weighted by Gasteiger charge is -2.57. The molecule has 0 atom stereocenters. The summed E-state index contributed by atoms with van der Waals surface area (Å²) in [4.78, 5) is 0. The molecule has 2 saturated carbocycles. The average molecular weight is 1050 g/mol. The van der Waals surface area contributed by atoms with Gasteiger partial charge in [-0.3, -0.25) is 0 Å². The van der Waals surface area contributed by atoms with Crippen molar-refractivity contribution in [2.75, 3.05) is 0 Å². The highest BCUT2D eigenvalue weighted by Gasteiger charge is 2.67. The Bertz CT molecular complexity index is 1360. The summed E-state index contributed by atoms with van der Waals surface area (Å²) in [6.07, 6.45) is -10.8. The molecule has 2 aliphatic carbocycles. The van der Waals surface area contributed by atoms with Gasteiger partial charge >= 0.3 is 30.9 Å². The second-order valence-corrected chi connectivity index (χ2v) is 23.9. The smallest absolute Gasteiger partial charge is 0.171 e. The van der Waals surface area contributed by atoms with E-state index < -0.39 is 68.8 Å². The van der Waals surface area contributed by atoms with Crippen LogP contribution in [0.4, 0.5) is 65.9 Å². The van der Waals surface area contributed by atoms with Crippen LogP contribution < -0.4 is 0 Å². The summed E-state index contributed by atoms with van der Waals surface area (Å²) in [5.74, 6) is -1.29. The Morgan fingerprint density at radius 3 is 0.771 bits per heavy atom. The van der Waals surface area contributed by atoms with Crippen molar-refractivity contribution in [1.29, 1.82) is 0 Å². The van der Waals surface area contributed by atoms with E-state index in [0.717, 1.165) is 19.3 Å². The Balaban J connectivity index is -0.000000810. The molecule has 2 rings (SSSR count). The maximum absolute atomic E-state index is 13.8. The second-order valence-electron chi connectivity index (χ2n) is 23.9. The summed E-state index contributed by atoms with van der Waals surface area (Å²) in [5, 5.41) is 0. The molecule has 0 aromatic rings. The molecule has 0 saturated heterocycles. The van der Waals surface area contributed by atoms with E-state index in [4.69, 9.17) is 0 Å². The van der Waals surface area contributed by atoms with Crippen molar-refractivity contribution in [2.24, 2.45) is 67.0 Å². The van der Waals surface area contributed by atoms with Crippen molar-refractivity contribution < 1.29 is 65.9 Å². The van der Waals surface area contributed by atoms with Crippen LogP contribution in [0.3, 0.4) is 0 Å². The number of halogens is 15. The number of hydrogen-bond donors (Lipinski definition) is 0. The first-order chi connectivity index (χ1) is 31.0. The van der Waals surface area contributed by atoms with E-state index in [1.807, 2.05) is 69.2 Å². The molecule has 0 bridgehead atoms. The Hall–Kier alpha value is -1.05. The SMILES string of the molecule is CC(C)C(C)(C(C)C)C(F)(F)F.CC1(C(F)(F)F)CCCCC1.CC1(C)CCC(C)(C(F)(F)F)CC1.CCC(C)(CC)C(C)(C(F)(F)F)C(C)(CC)CC.CCC(CC)C(C)(C(CC)CC)C(F)(F)F. The Labute approximate surface area is 417 Å². The van der Waals surface area contributed by atoms with Crippen LogP contribution in [-0.4, -0.2) is 30.9 Å². The lowest BCUT2D eigenvalue weighted by Crippen LogP contribution is -2.57. The topological polar surface area (TPSA) is 0 Å². The number of rotatable bonds is 14. The van der Waals surface area contributed by atoms with Crippen LogP contribution >= 0.6 is 0 Å². The van der Waals surface area contributed by atoms with E-state index in [-0.39, 0.29) is 41.9 Å². The monoisotopic (exact) mass is 1050 g/mol. The van der Waals surface area contributed by atoms with Gasteiger partial charge < -0.3 is 0 Å². The minimum Gasteiger partial charge on any atom is -0.171 e. The zero-order valence-electron chi connectivity index (χ0n) is 47.5. The van der Waals surface area contributed by atoms with Crippen molar-refractivity contribution in [3.8, 4) is 0 Å². The van der Waals surface area contributed by atoms with E-state index in [1.54, 1.807) is 41.5 Å². The third kappa shape index (κ3) is 17.2. The highest BCUT2D eigenvalue weighted by Crippen LogP contribution is 2.65. The molecule has 0 aromatic carbocycles. The van der Waals surface area contributed by atoms with Gasteiger partial charge in [-0.25, -0.2) is 0 Å². The van der Waals surface area contributed by atoms with Crippen LogP contribution in [0.5, 0.6) is 0 Å². The van der Waals surface area contributed by atoms with E-state index in [1.165, 1.54) is 34.6 Å². The van der Waals surface area contributed by atoms with Gasteiger partial charge in [-0.2, -0.15) is 65.9 Å². The molecule has 426 valence electrons. The maximum Gasteiger partial charge on any atom is 0.395 e. The fraction of sp³-hybridized carbons (Fsp3) is 1.00. The van der Waals surface area contributed by atoms with Gasteiger partial charge in [0.2, 0.25) is 0 Å². The first-order valence-electron chi connectivity index (χ1n) is 26.4. The van der Waals surface area contributed by atoms with Crippen LogP contribution in [-0.2, 0) is 0 Å². The van der Waals surface area contributed by atoms with Crippen LogP contribution in [0.25, 0.3) is 0 Å². The molecule has 0 heterocycles. The Morgan fingerprint density at radius 1 is 0.357 bits per heavy atom. The van der Waals surface area contributed by atoms with Gasteiger partial charge in [-0.15, -0.1) is 0 Å². The molecule has 2 fully saturated rings. The summed E-state index contributed by atoms with van der Waals surface area (Å²) in [6.45, 7) is 35.9.